The summed E-state index contributed by atoms with van der Waals surface area (Å²) in [5.41, 5.74) is 2.16. The summed E-state index contributed by atoms with van der Waals surface area (Å²) in [5, 5.41) is 7.04. The molecule has 1 amide bonds. The highest BCUT2D eigenvalue weighted by atomic mass is 35.5. The fraction of sp³-hybridized carbons (Fsp3) is 0.533. The molecule has 1 saturated heterocycles. The Morgan fingerprint density at radius 1 is 1.37 bits per heavy atom. The molecule has 19 heavy (non-hydrogen) atoms. The molecule has 3 rings (SSSR count). The quantitative estimate of drug-likeness (QED) is 0.873. The Morgan fingerprint density at radius 3 is 2.79 bits per heavy atom. The third kappa shape index (κ3) is 2.63. The predicted molar refractivity (Wildman–Crippen MR) is 77.5 cm³/mol. The van der Waals surface area contributed by atoms with E-state index in [-0.39, 0.29) is 17.2 Å². The first-order valence-corrected chi connectivity index (χ1v) is 7.26. The van der Waals surface area contributed by atoms with Crippen molar-refractivity contribution in [1.29, 1.82) is 0 Å². The SMILES string of the molecule is Cc1cc(Cl)cc(NC(=O)C2CC23CCNCC3)c1. The Bertz CT molecular complexity index is 489. The molecule has 1 saturated carbocycles. The number of aryl methyl sites for hydroxylation is 1. The van der Waals surface area contributed by atoms with E-state index in [1.807, 2.05) is 25.1 Å². The fourth-order valence-electron chi connectivity index (χ4n) is 3.23. The van der Waals surface area contributed by atoms with Crippen LogP contribution in [0.5, 0.6) is 0 Å². The van der Waals surface area contributed by atoms with Crippen molar-refractivity contribution in [3.8, 4) is 0 Å². The molecular weight excluding hydrogens is 260 g/mol. The number of hydrogen-bond donors (Lipinski definition) is 2. The van der Waals surface area contributed by atoms with Crippen molar-refractivity contribution in [2.24, 2.45) is 11.3 Å². The first-order valence-electron chi connectivity index (χ1n) is 6.88. The molecule has 1 aromatic rings. The minimum Gasteiger partial charge on any atom is -0.326 e. The molecule has 0 aromatic heterocycles. The lowest BCUT2D eigenvalue weighted by Gasteiger charge is -2.23. The maximum atomic E-state index is 12.3. The summed E-state index contributed by atoms with van der Waals surface area (Å²) < 4.78 is 0. The number of benzene rings is 1. The molecule has 102 valence electrons. The van der Waals surface area contributed by atoms with Crippen molar-refractivity contribution in [2.75, 3.05) is 18.4 Å². The molecule has 1 spiro atoms. The van der Waals surface area contributed by atoms with Gasteiger partial charge in [-0.25, -0.2) is 0 Å². The topological polar surface area (TPSA) is 41.1 Å². The van der Waals surface area contributed by atoms with Crippen LogP contribution in [0.15, 0.2) is 18.2 Å². The Hall–Kier alpha value is -1.06. The number of piperidine rings is 1. The maximum absolute atomic E-state index is 12.3. The average Bonchev–Trinajstić information content (AvgIpc) is 3.02. The first kappa shape index (κ1) is 12.9. The van der Waals surface area contributed by atoms with E-state index in [4.69, 9.17) is 11.6 Å². The van der Waals surface area contributed by atoms with E-state index in [1.54, 1.807) is 0 Å². The van der Waals surface area contributed by atoms with Gasteiger partial charge in [0.25, 0.3) is 0 Å². The second-order valence-corrected chi connectivity index (χ2v) is 6.31. The molecule has 2 N–H and O–H groups in total. The van der Waals surface area contributed by atoms with Crippen molar-refractivity contribution >= 4 is 23.2 Å². The summed E-state index contributed by atoms with van der Waals surface area (Å²) >= 11 is 6.01. The van der Waals surface area contributed by atoms with Crippen LogP contribution in [0.2, 0.25) is 5.02 Å². The van der Waals surface area contributed by atoms with Gasteiger partial charge in [0.2, 0.25) is 5.91 Å². The average molecular weight is 279 g/mol. The standard InChI is InChI=1S/C15H19ClN2O/c1-10-6-11(16)8-12(7-10)18-14(19)13-9-15(13)2-4-17-5-3-15/h6-8,13,17H,2-5,9H2,1H3,(H,18,19). The molecule has 1 aliphatic carbocycles. The zero-order chi connectivity index (χ0) is 13.5. The summed E-state index contributed by atoms with van der Waals surface area (Å²) in [6, 6.07) is 5.66. The van der Waals surface area contributed by atoms with E-state index in [0.717, 1.165) is 43.6 Å². The van der Waals surface area contributed by atoms with Gasteiger partial charge in [0.05, 0.1) is 0 Å². The lowest BCUT2D eigenvalue weighted by atomic mass is 9.92. The van der Waals surface area contributed by atoms with Crippen molar-refractivity contribution in [2.45, 2.75) is 26.2 Å². The molecule has 1 unspecified atom stereocenters. The molecule has 1 aliphatic heterocycles. The molecule has 0 radical (unpaired) electrons. The number of amides is 1. The molecule has 1 aromatic carbocycles. The van der Waals surface area contributed by atoms with Crippen molar-refractivity contribution in [3.05, 3.63) is 28.8 Å². The molecule has 0 bridgehead atoms. The second-order valence-electron chi connectivity index (χ2n) is 5.88. The van der Waals surface area contributed by atoms with Gasteiger partial charge in [-0.15, -0.1) is 0 Å². The minimum atomic E-state index is 0.156. The predicted octanol–water partition coefficient (Wildman–Crippen LogP) is 2.98. The monoisotopic (exact) mass is 278 g/mol. The van der Waals surface area contributed by atoms with Gasteiger partial charge in [0.1, 0.15) is 0 Å². The largest absolute Gasteiger partial charge is 0.326 e. The number of hydrogen-bond acceptors (Lipinski definition) is 2. The minimum absolute atomic E-state index is 0.156. The highest BCUT2D eigenvalue weighted by Gasteiger charge is 2.57. The van der Waals surface area contributed by atoms with E-state index in [9.17, 15) is 4.79 Å². The number of carbonyl (C=O) groups excluding carboxylic acids is 1. The Kier molecular flexibility index (Phi) is 3.27. The molecule has 3 nitrogen and oxygen atoms in total. The van der Waals surface area contributed by atoms with E-state index < -0.39 is 0 Å². The van der Waals surface area contributed by atoms with Crippen molar-refractivity contribution in [1.82, 2.24) is 5.32 Å². The van der Waals surface area contributed by atoms with Crippen LogP contribution in [0.1, 0.15) is 24.8 Å². The van der Waals surface area contributed by atoms with Gasteiger partial charge in [0, 0.05) is 16.6 Å². The van der Waals surface area contributed by atoms with Crippen LogP contribution in [0.25, 0.3) is 0 Å². The van der Waals surface area contributed by atoms with Crippen molar-refractivity contribution < 1.29 is 4.79 Å². The normalized spacial score (nSPS) is 24.2. The first-order chi connectivity index (χ1) is 9.09. The van der Waals surface area contributed by atoms with Crippen molar-refractivity contribution in [3.63, 3.8) is 0 Å². The molecule has 2 fully saturated rings. The Balaban J connectivity index is 1.66. The highest BCUT2D eigenvalue weighted by molar-refractivity contribution is 6.31. The molecular formula is C15H19ClN2O. The Labute approximate surface area is 118 Å². The zero-order valence-corrected chi connectivity index (χ0v) is 11.9. The summed E-state index contributed by atoms with van der Waals surface area (Å²) in [6.07, 6.45) is 3.29. The van der Waals surface area contributed by atoms with Crippen LogP contribution in [0.4, 0.5) is 5.69 Å². The van der Waals surface area contributed by atoms with Gasteiger partial charge in [-0.05, 0) is 68.5 Å². The van der Waals surface area contributed by atoms with E-state index in [0.29, 0.717) is 5.02 Å². The van der Waals surface area contributed by atoms with E-state index in [2.05, 4.69) is 10.6 Å². The van der Waals surface area contributed by atoms with Crippen LogP contribution in [0.3, 0.4) is 0 Å². The van der Waals surface area contributed by atoms with Crippen LogP contribution >= 0.6 is 11.6 Å². The summed E-state index contributed by atoms with van der Waals surface area (Å²) in [7, 11) is 0. The maximum Gasteiger partial charge on any atom is 0.228 e. The summed E-state index contributed by atoms with van der Waals surface area (Å²) in [4.78, 5) is 12.3. The van der Waals surface area contributed by atoms with Crippen LogP contribution in [-0.2, 0) is 4.79 Å². The highest BCUT2D eigenvalue weighted by Crippen LogP contribution is 2.58. The number of carbonyl (C=O) groups is 1. The van der Waals surface area contributed by atoms with Gasteiger partial charge < -0.3 is 10.6 Å². The molecule has 1 atom stereocenters. The van der Waals surface area contributed by atoms with Gasteiger partial charge in [-0.3, -0.25) is 4.79 Å². The molecule has 2 aliphatic rings. The van der Waals surface area contributed by atoms with Crippen LogP contribution in [0, 0.1) is 18.3 Å². The molecule has 4 heteroatoms. The lowest BCUT2D eigenvalue weighted by Crippen LogP contribution is -2.31. The van der Waals surface area contributed by atoms with Gasteiger partial charge in [-0.2, -0.15) is 0 Å². The third-order valence-electron chi connectivity index (χ3n) is 4.42. The van der Waals surface area contributed by atoms with Crippen LogP contribution in [-0.4, -0.2) is 19.0 Å². The zero-order valence-electron chi connectivity index (χ0n) is 11.1. The summed E-state index contributed by atoms with van der Waals surface area (Å²) in [6.45, 7) is 4.06. The summed E-state index contributed by atoms with van der Waals surface area (Å²) in [5.74, 6) is 0.345. The van der Waals surface area contributed by atoms with Gasteiger partial charge in [0.15, 0.2) is 0 Å². The molecule has 1 heterocycles. The fourth-order valence-corrected chi connectivity index (χ4v) is 3.52. The lowest BCUT2D eigenvalue weighted by molar-refractivity contribution is -0.118. The van der Waals surface area contributed by atoms with Crippen LogP contribution < -0.4 is 10.6 Å². The van der Waals surface area contributed by atoms with Gasteiger partial charge >= 0.3 is 0 Å². The van der Waals surface area contributed by atoms with E-state index >= 15 is 0 Å². The number of anilines is 1. The number of halogens is 1. The smallest absolute Gasteiger partial charge is 0.228 e. The van der Waals surface area contributed by atoms with Gasteiger partial charge in [-0.1, -0.05) is 11.6 Å². The Morgan fingerprint density at radius 2 is 2.11 bits per heavy atom. The third-order valence-corrected chi connectivity index (χ3v) is 4.63. The number of rotatable bonds is 2. The number of nitrogens with one attached hydrogen (secondary N) is 2. The van der Waals surface area contributed by atoms with E-state index in [1.165, 1.54) is 0 Å². The second kappa shape index (κ2) is 4.80.